The van der Waals surface area contributed by atoms with Crippen LogP contribution in [0, 0.1) is 0 Å². The van der Waals surface area contributed by atoms with Gasteiger partial charge in [0.25, 0.3) is 0 Å². The number of aromatic nitrogens is 4. The Morgan fingerprint density at radius 3 is 2.69 bits per heavy atom. The van der Waals surface area contributed by atoms with Gasteiger partial charge < -0.3 is 16.0 Å². The van der Waals surface area contributed by atoms with Crippen LogP contribution in [-0.2, 0) is 13.5 Å². The smallest absolute Gasteiger partial charge is 0.191 e. The molecule has 0 radical (unpaired) electrons. The lowest BCUT2D eigenvalue weighted by Crippen LogP contribution is -2.39. The molecule has 3 rings (SSSR count). The Hall–Kier alpha value is -2.14. The number of aliphatic imine (C=N–C) groups is 1. The van der Waals surface area contributed by atoms with E-state index in [1.54, 1.807) is 17.2 Å². The molecule has 0 aliphatic heterocycles. The molecule has 8 nitrogen and oxygen atoms in total. The van der Waals surface area contributed by atoms with Crippen LogP contribution >= 0.6 is 35.6 Å². The highest BCUT2D eigenvalue weighted by Crippen LogP contribution is 2.17. The molecule has 0 bridgehead atoms. The Kier molecular flexibility index (Phi) is 9.39. The average Bonchev–Trinajstić information content (AvgIpc) is 3.08. The van der Waals surface area contributed by atoms with Gasteiger partial charge in [-0.1, -0.05) is 23.7 Å². The van der Waals surface area contributed by atoms with Crippen molar-refractivity contribution < 1.29 is 0 Å². The maximum atomic E-state index is 5.92. The number of hydrogen-bond donors (Lipinski definition) is 3. The van der Waals surface area contributed by atoms with Gasteiger partial charge in [-0.15, -0.1) is 24.0 Å². The van der Waals surface area contributed by atoms with Gasteiger partial charge in [0.15, 0.2) is 11.6 Å². The molecule has 156 valence electrons. The van der Waals surface area contributed by atoms with Crippen LogP contribution in [-0.4, -0.2) is 51.9 Å². The molecule has 3 N–H and O–H groups in total. The largest absolute Gasteiger partial charge is 0.368 e. The molecule has 1 aromatic carbocycles. The van der Waals surface area contributed by atoms with E-state index in [4.69, 9.17) is 11.6 Å². The van der Waals surface area contributed by atoms with Crippen molar-refractivity contribution in [3.05, 3.63) is 47.4 Å². The fraction of sp³-hybridized carbons (Fsp3) is 0.368. The molecule has 2 aromatic heterocycles. The van der Waals surface area contributed by atoms with Gasteiger partial charge in [-0.2, -0.15) is 5.10 Å². The highest BCUT2D eigenvalue weighted by atomic mass is 127. The van der Waals surface area contributed by atoms with Crippen LogP contribution < -0.4 is 16.0 Å². The molecular weight excluding hydrogens is 503 g/mol. The zero-order valence-corrected chi connectivity index (χ0v) is 19.6. The topological polar surface area (TPSA) is 92.1 Å². The van der Waals surface area contributed by atoms with E-state index in [2.05, 4.69) is 42.9 Å². The van der Waals surface area contributed by atoms with E-state index in [-0.39, 0.29) is 24.0 Å². The molecule has 0 atom stereocenters. The van der Waals surface area contributed by atoms with Gasteiger partial charge in [0.1, 0.15) is 12.1 Å². The lowest BCUT2D eigenvalue weighted by atomic mass is 10.1. The summed E-state index contributed by atoms with van der Waals surface area (Å²) in [7, 11) is 1.86. The Labute approximate surface area is 192 Å². The maximum Gasteiger partial charge on any atom is 0.191 e. The minimum atomic E-state index is 0. The molecule has 3 aromatic rings. The van der Waals surface area contributed by atoms with Gasteiger partial charge in [0.05, 0.1) is 11.6 Å². The number of rotatable bonds is 8. The van der Waals surface area contributed by atoms with Crippen LogP contribution in [0.5, 0.6) is 0 Å². The third kappa shape index (κ3) is 6.70. The highest BCUT2D eigenvalue weighted by molar-refractivity contribution is 14.0. The number of hydrogen-bond acceptors (Lipinski definition) is 5. The number of guanidine groups is 1. The minimum Gasteiger partial charge on any atom is -0.368 e. The first-order valence-electron chi connectivity index (χ1n) is 9.30. The summed E-state index contributed by atoms with van der Waals surface area (Å²) in [5.74, 6) is 1.58. The van der Waals surface area contributed by atoms with Crippen molar-refractivity contribution in [3.8, 4) is 0 Å². The summed E-state index contributed by atoms with van der Waals surface area (Å²) in [6.45, 7) is 4.96. The van der Waals surface area contributed by atoms with Crippen LogP contribution in [0.2, 0.25) is 5.02 Å². The Morgan fingerprint density at radius 2 is 1.93 bits per heavy atom. The molecule has 10 heteroatoms. The van der Waals surface area contributed by atoms with E-state index in [9.17, 15) is 0 Å². The van der Waals surface area contributed by atoms with Crippen LogP contribution in [0.1, 0.15) is 12.5 Å². The number of benzene rings is 1. The standard InChI is InChI=1S/C19H25ClN8.HI/c1-3-21-19(23-9-8-14-4-6-15(20)7-5-14)24-11-10-22-17-16-12-27-28(2)18(16)26-13-25-17;/h4-7,12-13H,3,8-11H2,1-2H3,(H2,21,23,24)(H,22,25,26);1H. The lowest BCUT2D eigenvalue weighted by molar-refractivity contribution is 0.785. The molecule has 29 heavy (non-hydrogen) atoms. The van der Waals surface area contributed by atoms with E-state index in [1.165, 1.54) is 5.56 Å². The first kappa shape index (κ1) is 23.1. The lowest BCUT2D eigenvalue weighted by Gasteiger charge is -2.12. The third-order valence-corrected chi connectivity index (χ3v) is 4.42. The number of anilines is 1. The van der Waals surface area contributed by atoms with Crippen LogP contribution in [0.3, 0.4) is 0 Å². The van der Waals surface area contributed by atoms with Crippen molar-refractivity contribution in [1.29, 1.82) is 0 Å². The predicted molar refractivity (Wildman–Crippen MR) is 129 cm³/mol. The minimum absolute atomic E-state index is 0. The molecule has 0 fully saturated rings. The van der Waals surface area contributed by atoms with Crippen LogP contribution in [0.4, 0.5) is 5.82 Å². The summed E-state index contributed by atoms with van der Waals surface area (Å²) in [4.78, 5) is 13.2. The number of halogens is 2. The summed E-state index contributed by atoms with van der Waals surface area (Å²) in [6, 6.07) is 7.87. The van der Waals surface area contributed by atoms with Crippen LogP contribution in [0.15, 0.2) is 41.8 Å². The van der Waals surface area contributed by atoms with Gasteiger partial charge in [-0.25, -0.2) is 9.97 Å². The van der Waals surface area contributed by atoms with Gasteiger partial charge >= 0.3 is 0 Å². The van der Waals surface area contributed by atoms with Crippen molar-refractivity contribution in [2.45, 2.75) is 13.3 Å². The van der Waals surface area contributed by atoms with Crippen molar-refractivity contribution in [3.63, 3.8) is 0 Å². The molecule has 0 aliphatic rings. The van der Waals surface area contributed by atoms with Crippen molar-refractivity contribution in [2.24, 2.45) is 12.0 Å². The quantitative estimate of drug-likeness (QED) is 0.180. The van der Waals surface area contributed by atoms with Crippen molar-refractivity contribution in [2.75, 3.05) is 31.5 Å². The molecule has 0 amide bonds. The molecule has 0 saturated heterocycles. The van der Waals surface area contributed by atoms with Gasteiger partial charge in [0.2, 0.25) is 0 Å². The SMILES string of the molecule is CCNC(=NCCc1ccc(Cl)cc1)NCCNc1ncnc2c1cnn2C.I. The Balaban J connectivity index is 0.00000300. The summed E-state index contributed by atoms with van der Waals surface area (Å²) >= 11 is 5.92. The molecule has 0 unspecified atom stereocenters. The number of aryl methyl sites for hydroxylation is 1. The average molecular weight is 529 g/mol. The normalized spacial score (nSPS) is 11.2. The monoisotopic (exact) mass is 528 g/mol. The summed E-state index contributed by atoms with van der Waals surface area (Å²) in [6.07, 6.45) is 4.18. The Bertz CT molecular complexity index is 926. The fourth-order valence-electron chi connectivity index (χ4n) is 2.75. The van der Waals surface area contributed by atoms with Crippen molar-refractivity contribution >= 4 is 58.4 Å². The van der Waals surface area contributed by atoms with Crippen molar-refractivity contribution in [1.82, 2.24) is 30.4 Å². The number of fused-ring (bicyclic) bond motifs is 1. The van der Waals surface area contributed by atoms with Crippen LogP contribution in [0.25, 0.3) is 11.0 Å². The van der Waals surface area contributed by atoms with E-state index in [0.717, 1.165) is 40.8 Å². The number of nitrogens with zero attached hydrogens (tertiary/aromatic N) is 5. The molecule has 2 heterocycles. The zero-order chi connectivity index (χ0) is 19.8. The Morgan fingerprint density at radius 1 is 1.14 bits per heavy atom. The second kappa shape index (κ2) is 11.8. The van der Waals surface area contributed by atoms with Gasteiger partial charge in [-0.05, 0) is 31.0 Å². The maximum absolute atomic E-state index is 5.92. The second-order valence-corrected chi connectivity index (χ2v) is 6.65. The highest BCUT2D eigenvalue weighted by Gasteiger charge is 2.07. The summed E-state index contributed by atoms with van der Waals surface area (Å²) < 4.78 is 1.73. The third-order valence-electron chi connectivity index (χ3n) is 4.17. The molecule has 0 spiro atoms. The zero-order valence-electron chi connectivity index (χ0n) is 16.5. The predicted octanol–water partition coefficient (Wildman–Crippen LogP) is 2.84. The van der Waals surface area contributed by atoms with E-state index in [0.29, 0.717) is 19.6 Å². The summed E-state index contributed by atoms with van der Waals surface area (Å²) in [5, 5.41) is 15.8. The second-order valence-electron chi connectivity index (χ2n) is 6.22. The first-order valence-corrected chi connectivity index (χ1v) is 9.68. The van der Waals surface area contributed by atoms with E-state index >= 15 is 0 Å². The summed E-state index contributed by atoms with van der Waals surface area (Å²) in [5.41, 5.74) is 2.03. The first-order chi connectivity index (χ1) is 13.7. The fourth-order valence-corrected chi connectivity index (χ4v) is 2.88. The van der Waals surface area contributed by atoms with E-state index in [1.807, 2.05) is 31.3 Å². The van der Waals surface area contributed by atoms with E-state index < -0.39 is 0 Å². The number of nitrogens with one attached hydrogen (secondary N) is 3. The molecule has 0 aliphatic carbocycles. The van der Waals surface area contributed by atoms with Gasteiger partial charge in [-0.3, -0.25) is 9.67 Å². The van der Waals surface area contributed by atoms with Gasteiger partial charge in [0, 0.05) is 38.2 Å². The molecular formula is C19H26ClIN8. The molecule has 0 saturated carbocycles.